The van der Waals surface area contributed by atoms with Crippen LogP contribution in [-0.2, 0) is 9.84 Å². The average Bonchev–Trinajstić information content (AvgIpc) is 2.72. The molecule has 0 saturated heterocycles. The highest BCUT2D eigenvalue weighted by Crippen LogP contribution is 2.28. The van der Waals surface area contributed by atoms with Crippen LogP contribution in [0.15, 0.2) is 23.1 Å². The lowest BCUT2D eigenvalue weighted by Crippen LogP contribution is -2.26. The number of aryl methyl sites for hydroxylation is 2. The number of nitrogens with two attached hydrogens (primary N) is 1. The van der Waals surface area contributed by atoms with Crippen LogP contribution in [0.2, 0.25) is 0 Å². The van der Waals surface area contributed by atoms with Crippen LogP contribution < -0.4 is 5.73 Å². The van der Waals surface area contributed by atoms with Gasteiger partial charge in [-0.1, -0.05) is 24.1 Å². The van der Waals surface area contributed by atoms with Gasteiger partial charge in [0, 0.05) is 6.04 Å². The summed E-state index contributed by atoms with van der Waals surface area (Å²) in [6.07, 6.45) is 3.93. The van der Waals surface area contributed by atoms with Crippen LogP contribution in [0, 0.1) is 19.8 Å². The summed E-state index contributed by atoms with van der Waals surface area (Å²) in [4.78, 5) is 0.477. The van der Waals surface area contributed by atoms with E-state index in [9.17, 15) is 8.42 Å². The molecular weight excluding hydrogens is 258 g/mol. The first-order valence-electron chi connectivity index (χ1n) is 6.96. The zero-order valence-electron chi connectivity index (χ0n) is 11.7. The topological polar surface area (TPSA) is 60.2 Å². The third kappa shape index (κ3) is 3.37. The van der Waals surface area contributed by atoms with Crippen molar-refractivity contribution in [2.24, 2.45) is 11.7 Å². The third-order valence-electron chi connectivity index (χ3n) is 4.14. The van der Waals surface area contributed by atoms with Crippen molar-refractivity contribution in [3.63, 3.8) is 0 Å². The molecule has 0 spiro atoms. The number of rotatable bonds is 4. The normalized spacial score (nSPS) is 23.7. The highest BCUT2D eigenvalue weighted by Gasteiger charge is 2.26. The van der Waals surface area contributed by atoms with Gasteiger partial charge in [-0.05, 0) is 50.7 Å². The van der Waals surface area contributed by atoms with Crippen LogP contribution in [0.25, 0.3) is 0 Å². The Kier molecular flexibility index (Phi) is 4.31. The van der Waals surface area contributed by atoms with Crippen molar-refractivity contribution in [2.75, 3.05) is 5.75 Å². The molecule has 2 atom stereocenters. The minimum absolute atomic E-state index is 0.189. The van der Waals surface area contributed by atoms with Crippen molar-refractivity contribution in [2.45, 2.75) is 50.5 Å². The van der Waals surface area contributed by atoms with Gasteiger partial charge < -0.3 is 5.73 Å². The lowest BCUT2D eigenvalue weighted by molar-refractivity contribution is 0.464. The van der Waals surface area contributed by atoms with E-state index < -0.39 is 9.84 Å². The Bertz CT molecular complexity index is 551. The fraction of sp³-hybridized carbons (Fsp3) is 0.600. The van der Waals surface area contributed by atoms with Crippen molar-refractivity contribution in [3.05, 3.63) is 29.3 Å². The van der Waals surface area contributed by atoms with Gasteiger partial charge in [0.05, 0.1) is 10.6 Å². The van der Waals surface area contributed by atoms with Crippen molar-refractivity contribution in [1.29, 1.82) is 0 Å². The summed E-state index contributed by atoms with van der Waals surface area (Å²) in [6, 6.07) is 5.71. The number of hydrogen-bond acceptors (Lipinski definition) is 3. The third-order valence-corrected chi connectivity index (χ3v) is 6.04. The number of sulfone groups is 1. The average molecular weight is 281 g/mol. The van der Waals surface area contributed by atoms with Gasteiger partial charge >= 0.3 is 0 Å². The Morgan fingerprint density at radius 1 is 1.26 bits per heavy atom. The molecule has 0 aromatic heterocycles. The Labute approximate surface area is 116 Å². The highest BCUT2D eigenvalue weighted by atomic mass is 32.2. The van der Waals surface area contributed by atoms with E-state index in [2.05, 4.69) is 0 Å². The second-order valence-electron chi connectivity index (χ2n) is 5.73. The first-order chi connectivity index (χ1) is 8.90. The van der Waals surface area contributed by atoms with Gasteiger partial charge in [0.25, 0.3) is 0 Å². The molecule has 2 N–H and O–H groups in total. The Morgan fingerprint density at radius 3 is 2.58 bits per heavy atom. The molecule has 0 bridgehead atoms. The largest absolute Gasteiger partial charge is 0.327 e. The van der Waals surface area contributed by atoms with Crippen molar-refractivity contribution >= 4 is 9.84 Å². The molecule has 1 aromatic rings. The predicted molar refractivity (Wildman–Crippen MR) is 77.9 cm³/mol. The fourth-order valence-corrected chi connectivity index (χ4v) is 4.65. The van der Waals surface area contributed by atoms with E-state index in [0.717, 1.165) is 30.4 Å². The molecule has 1 aromatic carbocycles. The van der Waals surface area contributed by atoms with E-state index in [0.29, 0.717) is 17.2 Å². The standard InChI is InChI=1S/C15H23NO2S/c1-11-6-7-15(12(2)10-11)19(17,18)9-8-13-4-3-5-14(13)16/h6-7,10,13-14H,3-5,8-9,16H2,1-2H3. The van der Waals surface area contributed by atoms with E-state index in [1.165, 1.54) is 0 Å². The SMILES string of the molecule is Cc1ccc(S(=O)(=O)CCC2CCCC2N)c(C)c1. The van der Waals surface area contributed by atoms with E-state index in [-0.39, 0.29) is 11.8 Å². The van der Waals surface area contributed by atoms with Crippen LogP contribution in [0.1, 0.15) is 36.8 Å². The highest BCUT2D eigenvalue weighted by molar-refractivity contribution is 7.91. The van der Waals surface area contributed by atoms with E-state index in [4.69, 9.17) is 5.73 Å². The van der Waals surface area contributed by atoms with E-state index in [1.807, 2.05) is 26.0 Å². The Balaban J connectivity index is 2.09. The lowest BCUT2D eigenvalue weighted by Gasteiger charge is -2.15. The van der Waals surface area contributed by atoms with Gasteiger partial charge in [-0.2, -0.15) is 0 Å². The molecule has 1 saturated carbocycles. The van der Waals surface area contributed by atoms with Gasteiger partial charge in [0.15, 0.2) is 9.84 Å². The first kappa shape index (κ1) is 14.5. The zero-order chi connectivity index (χ0) is 14.0. The van der Waals surface area contributed by atoms with Crippen LogP contribution in [-0.4, -0.2) is 20.2 Å². The maximum atomic E-state index is 12.4. The molecular formula is C15H23NO2S. The minimum atomic E-state index is -3.17. The maximum Gasteiger partial charge on any atom is 0.178 e. The van der Waals surface area contributed by atoms with Crippen LogP contribution in [0.3, 0.4) is 0 Å². The van der Waals surface area contributed by atoms with Crippen LogP contribution in [0.5, 0.6) is 0 Å². The lowest BCUT2D eigenvalue weighted by atomic mass is 10.0. The van der Waals surface area contributed by atoms with Gasteiger partial charge in [0.1, 0.15) is 0 Å². The predicted octanol–water partition coefficient (Wildman–Crippen LogP) is 2.59. The summed E-state index contributed by atoms with van der Waals surface area (Å²) in [5.41, 5.74) is 7.94. The molecule has 3 nitrogen and oxygen atoms in total. The smallest absolute Gasteiger partial charge is 0.178 e. The van der Waals surface area contributed by atoms with Gasteiger partial charge in [-0.3, -0.25) is 0 Å². The molecule has 1 aliphatic carbocycles. The quantitative estimate of drug-likeness (QED) is 0.922. The van der Waals surface area contributed by atoms with E-state index >= 15 is 0 Å². The van der Waals surface area contributed by atoms with Crippen molar-refractivity contribution < 1.29 is 8.42 Å². The van der Waals surface area contributed by atoms with E-state index in [1.54, 1.807) is 6.07 Å². The molecule has 0 radical (unpaired) electrons. The second kappa shape index (κ2) is 5.63. The molecule has 0 heterocycles. The summed E-state index contributed by atoms with van der Waals surface area (Å²) in [6.45, 7) is 3.84. The Morgan fingerprint density at radius 2 is 2.00 bits per heavy atom. The number of benzene rings is 1. The molecule has 1 aliphatic rings. The maximum absolute atomic E-state index is 12.4. The summed E-state index contributed by atoms with van der Waals surface area (Å²) in [5, 5.41) is 0. The molecule has 106 valence electrons. The summed E-state index contributed by atoms with van der Waals surface area (Å²) in [5.74, 6) is 0.593. The van der Waals surface area contributed by atoms with Gasteiger partial charge in [0.2, 0.25) is 0 Å². The molecule has 0 amide bonds. The second-order valence-corrected chi connectivity index (χ2v) is 7.81. The molecule has 1 fully saturated rings. The molecule has 19 heavy (non-hydrogen) atoms. The molecule has 2 unspecified atom stereocenters. The fourth-order valence-electron chi connectivity index (χ4n) is 2.99. The summed E-state index contributed by atoms with van der Waals surface area (Å²) in [7, 11) is -3.17. The molecule has 0 aliphatic heterocycles. The van der Waals surface area contributed by atoms with Crippen LogP contribution in [0.4, 0.5) is 0 Å². The zero-order valence-corrected chi connectivity index (χ0v) is 12.5. The number of hydrogen-bond donors (Lipinski definition) is 1. The monoisotopic (exact) mass is 281 g/mol. The van der Waals surface area contributed by atoms with Gasteiger partial charge in [-0.15, -0.1) is 0 Å². The van der Waals surface area contributed by atoms with Crippen molar-refractivity contribution in [3.8, 4) is 0 Å². The minimum Gasteiger partial charge on any atom is -0.327 e. The Hall–Kier alpha value is -0.870. The summed E-state index contributed by atoms with van der Waals surface area (Å²) >= 11 is 0. The summed E-state index contributed by atoms with van der Waals surface area (Å²) < 4.78 is 24.8. The van der Waals surface area contributed by atoms with Crippen molar-refractivity contribution in [1.82, 2.24) is 0 Å². The molecule has 2 rings (SSSR count). The van der Waals surface area contributed by atoms with Gasteiger partial charge in [-0.25, -0.2) is 8.42 Å². The molecule has 4 heteroatoms. The van der Waals surface area contributed by atoms with Crippen LogP contribution >= 0.6 is 0 Å². The first-order valence-corrected chi connectivity index (χ1v) is 8.61.